The van der Waals surface area contributed by atoms with Gasteiger partial charge in [-0.3, -0.25) is 9.78 Å². The molecule has 0 aliphatic carbocycles. The second kappa shape index (κ2) is 5.14. The van der Waals surface area contributed by atoms with E-state index in [2.05, 4.69) is 15.6 Å². The number of hydrogen-bond acceptors (Lipinski definition) is 4. The lowest BCUT2D eigenvalue weighted by Gasteiger charge is -2.05. The van der Waals surface area contributed by atoms with Crippen molar-refractivity contribution in [1.29, 1.82) is 0 Å². The number of carbonyl (C=O) groups excluding carboxylic acids is 1. The Balaban J connectivity index is 1.79. The second-order valence-electron chi connectivity index (χ2n) is 5.26. The van der Waals surface area contributed by atoms with E-state index in [4.69, 9.17) is 0 Å². The average molecular weight is 303 g/mol. The molecule has 3 N–H and O–H groups in total. The minimum Gasteiger partial charge on any atom is -0.508 e. The smallest absolute Gasteiger partial charge is 0.257 e. The van der Waals surface area contributed by atoms with Crippen molar-refractivity contribution in [2.75, 3.05) is 10.6 Å². The molecule has 0 atom stereocenters. The molecule has 2 aromatic carbocycles. The maximum absolute atomic E-state index is 12.3. The van der Waals surface area contributed by atoms with Gasteiger partial charge >= 0.3 is 0 Å². The molecule has 0 radical (unpaired) electrons. The van der Waals surface area contributed by atoms with Crippen LogP contribution in [0.4, 0.5) is 11.4 Å². The van der Waals surface area contributed by atoms with Crippen LogP contribution in [0.2, 0.25) is 0 Å². The van der Waals surface area contributed by atoms with Gasteiger partial charge in [0.05, 0.1) is 11.1 Å². The highest BCUT2D eigenvalue weighted by Gasteiger charge is 2.26. The molecule has 1 aliphatic rings. The molecule has 5 nitrogen and oxygen atoms in total. The Morgan fingerprint density at radius 2 is 1.91 bits per heavy atom. The number of fused-ring (bicyclic) bond motifs is 3. The van der Waals surface area contributed by atoms with Crippen molar-refractivity contribution in [2.24, 2.45) is 0 Å². The first kappa shape index (κ1) is 13.3. The van der Waals surface area contributed by atoms with Gasteiger partial charge in [-0.25, -0.2) is 0 Å². The van der Waals surface area contributed by atoms with E-state index < -0.39 is 0 Å². The lowest BCUT2D eigenvalue weighted by molar-refractivity contribution is -0.110. The van der Waals surface area contributed by atoms with Crippen LogP contribution in [0.25, 0.3) is 16.5 Å². The van der Waals surface area contributed by atoms with E-state index in [-0.39, 0.29) is 11.7 Å². The number of hydrogen-bond donors (Lipinski definition) is 3. The zero-order chi connectivity index (χ0) is 15.8. The molecule has 2 heterocycles. The van der Waals surface area contributed by atoms with Crippen molar-refractivity contribution in [3.05, 3.63) is 66.5 Å². The van der Waals surface area contributed by atoms with Gasteiger partial charge in [-0.05, 0) is 42.5 Å². The van der Waals surface area contributed by atoms with E-state index in [1.54, 1.807) is 36.7 Å². The Morgan fingerprint density at radius 3 is 2.74 bits per heavy atom. The van der Waals surface area contributed by atoms with Gasteiger partial charge in [0, 0.05) is 34.7 Å². The van der Waals surface area contributed by atoms with Gasteiger partial charge in [0.2, 0.25) is 0 Å². The molecule has 1 aromatic heterocycles. The zero-order valence-electron chi connectivity index (χ0n) is 12.1. The van der Waals surface area contributed by atoms with E-state index in [0.29, 0.717) is 5.57 Å². The fraction of sp³-hybridized carbons (Fsp3) is 0. The number of benzene rings is 2. The van der Waals surface area contributed by atoms with Gasteiger partial charge in [0.15, 0.2) is 0 Å². The van der Waals surface area contributed by atoms with Crippen molar-refractivity contribution < 1.29 is 9.90 Å². The summed E-state index contributed by atoms with van der Waals surface area (Å²) < 4.78 is 0. The molecule has 0 saturated carbocycles. The number of amides is 1. The minimum atomic E-state index is -0.150. The summed E-state index contributed by atoms with van der Waals surface area (Å²) in [4.78, 5) is 16.6. The van der Waals surface area contributed by atoms with Gasteiger partial charge in [-0.1, -0.05) is 6.07 Å². The number of aromatic nitrogens is 1. The number of aromatic hydroxyl groups is 1. The highest BCUT2D eigenvalue weighted by Crippen LogP contribution is 2.37. The Labute approximate surface area is 132 Å². The molecule has 0 spiro atoms. The fourth-order valence-corrected chi connectivity index (χ4v) is 2.70. The predicted molar refractivity (Wildman–Crippen MR) is 90.1 cm³/mol. The van der Waals surface area contributed by atoms with Crippen molar-refractivity contribution in [3.63, 3.8) is 0 Å². The van der Waals surface area contributed by atoms with Crippen LogP contribution in [0.15, 0.2) is 60.9 Å². The van der Waals surface area contributed by atoms with E-state index in [9.17, 15) is 9.90 Å². The van der Waals surface area contributed by atoms with Gasteiger partial charge in [-0.15, -0.1) is 0 Å². The van der Waals surface area contributed by atoms with E-state index in [1.165, 1.54) is 0 Å². The summed E-state index contributed by atoms with van der Waals surface area (Å²) in [6.07, 6.45) is 3.41. The number of carbonyl (C=O) groups is 1. The lowest BCUT2D eigenvalue weighted by atomic mass is 10.0. The van der Waals surface area contributed by atoms with Crippen LogP contribution in [0.1, 0.15) is 5.56 Å². The molecule has 1 amide bonds. The molecule has 0 fully saturated rings. The normalized spacial score (nSPS) is 14.8. The van der Waals surface area contributed by atoms with Gasteiger partial charge in [-0.2, -0.15) is 0 Å². The quantitative estimate of drug-likeness (QED) is 0.501. The van der Waals surface area contributed by atoms with Crippen LogP contribution in [0.5, 0.6) is 5.75 Å². The molecular weight excluding hydrogens is 290 g/mol. The standard InChI is InChI=1S/C18H13N3O2/c22-12-5-3-11(4-6-12)20-10-14-17-13-2-1-9-19-15(13)7-8-16(17)21-18(14)23/h1-10,20,22H,(H,21,23)/b14-10-. The molecule has 112 valence electrons. The summed E-state index contributed by atoms with van der Waals surface area (Å²) in [7, 11) is 0. The first-order chi connectivity index (χ1) is 11.2. The molecule has 1 aliphatic heterocycles. The Bertz CT molecular complexity index is 946. The molecule has 4 rings (SSSR count). The largest absolute Gasteiger partial charge is 0.508 e. The zero-order valence-corrected chi connectivity index (χ0v) is 12.1. The Kier molecular flexibility index (Phi) is 2.98. The SMILES string of the molecule is O=C1Nc2ccc3ncccc3c2/C1=C/Nc1ccc(O)cc1. The highest BCUT2D eigenvalue weighted by molar-refractivity contribution is 6.34. The molecule has 0 saturated heterocycles. The number of rotatable bonds is 2. The van der Waals surface area contributed by atoms with Crippen LogP contribution in [0.3, 0.4) is 0 Å². The first-order valence-corrected chi connectivity index (χ1v) is 7.17. The third-order valence-electron chi connectivity index (χ3n) is 3.80. The molecular formula is C18H13N3O2. The summed E-state index contributed by atoms with van der Waals surface area (Å²) >= 11 is 0. The maximum atomic E-state index is 12.3. The van der Waals surface area contributed by atoms with E-state index in [1.807, 2.05) is 24.3 Å². The van der Waals surface area contributed by atoms with Crippen molar-refractivity contribution in [2.45, 2.75) is 0 Å². The summed E-state index contributed by atoms with van der Waals surface area (Å²) in [5.74, 6) is 0.0480. The first-order valence-electron chi connectivity index (χ1n) is 7.17. The third kappa shape index (κ3) is 2.28. The van der Waals surface area contributed by atoms with Crippen LogP contribution in [0, 0.1) is 0 Å². The summed E-state index contributed by atoms with van der Waals surface area (Å²) in [5, 5.41) is 16.2. The fourth-order valence-electron chi connectivity index (χ4n) is 2.70. The van der Waals surface area contributed by atoms with Gasteiger partial charge in [0.25, 0.3) is 5.91 Å². The maximum Gasteiger partial charge on any atom is 0.257 e. The van der Waals surface area contributed by atoms with Crippen LogP contribution in [-0.2, 0) is 4.79 Å². The van der Waals surface area contributed by atoms with Crippen LogP contribution in [-0.4, -0.2) is 16.0 Å². The van der Waals surface area contributed by atoms with Gasteiger partial charge in [0.1, 0.15) is 5.75 Å². The van der Waals surface area contributed by atoms with Crippen LogP contribution >= 0.6 is 0 Å². The third-order valence-corrected chi connectivity index (χ3v) is 3.80. The minimum absolute atomic E-state index is 0.150. The Morgan fingerprint density at radius 1 is 1.09 bits per heavy atom. The number of nitrogens with zero attached hydrogens (tertiary/aromatic N) is 1. The van der Waals surface area contributed by atoms with E-state index >= 15 is 0 Å². The molecule has 0 unspecified atom stereocenters. The monoisotopic (exact) mass is 303 g/mol. The Hall–Kier alpha value is -3.34. The summed E-state index contributed by atoms with van der Waals surface area (Å²) in [5.41, 5.74) is 3.83. The summed E-state index contributed by atoms with van der Waals surface area (Å²) in [6, 6.07) is 14.2. The molecule has 0 bridgehead atoms. The predicted octanol–water partition coefficient (Wildman–Crippen LogP) is 3.35. The number of phenols is 1. The molecule has 3 aromatic rings. The summed E-state index contributed by atoms with van der Waals surface area (Å²) in [6.45, 7) is 0. The number of pyridine rings is 1. The van der Waals surface area contributed by atoms with Crippen molar-refractivity contribution >= 4 is 33.8 Å². The number of nitrogens with one attached hydrogen (secondary N) is 2. The van der Waals surface area contributed by atoms with E-state index in [0.717, 1.165) is 27.8 Å². The van der Waals surface area contributed by atoms with Crippen molar-refractivity contribution in [3.8, 4) is 5.75 Å². The topological polar surface area (TPSA) is 74.2 Å². The highest BCUT2D eigenvalue weighted by atomic mass is 16.3. The number of phenolic OH excluding ortho intramolecular Hbond substituents is 1. The number of anilines is 2. The van der Waals surface area contributed by atoms with Gasteiger partial charge < -0.3 is 15.7 Å². The lowest BCUT2D eigenvalue weighted by Crippen LogP contribution is -2.05. The average Bonchev–Trinajstić information content (AvgIpc) is 2.90. The van der Waals surface area contributed by atoms with Crippen molar-refractivity contribution in [1.82, 2.24) is 4.98 Å². The molecule has 23 heavy (non-hydrogen) atoms. The van der Waals surface area contributed by atoms with Crippen LogP contribution < -0.4 is 10.6 Å². The molecule has 5 heteroatoms. The second-order valence-corrected chi connectivity index (χ2v) is 5.26.